The van der Waals surface area contributed by atoms with Gasteiger partial charge in [0.1, 0.15) is 5.52 Å². The summed E-state index contributed by atoms with van der Waals surface area (Å²) in [6.07, 6.45) is 0. The van der Waals surface area contributed by atoms with Crippen LogP contribution in [0.4, 0.5) is 0 Å². The van der Waals surface area contributed by atoms with Crippen LogP contribution in [0.1, 0.15) is 11.1 Å². The van der Waals surface area contributed by atoms with E-state index in [1.807, 2.05) is 6.92 Å². The molecule has 0 aliphatic rings. The molecule has 0 atom stereocenters. The Hall–Kier alpha value is -3.32. The van der Waals surface area contributed by atoms with Gasteiger partial charge in [-0.3, -0.25) is 4.79 Å². The fraction of sp³-hybridized carbons (Fsp3) is 0.0952. The van der Waals surface area contributed by atoms with Crippen molar-refractivity contribution in [3.05, 3.63) is 94.3 Å². The first-order valence-electron chi connectivity index (χ1n) is 8.68. The zero-order chi connectivity index (χ0) is 19.7. The van der Waals surface area contributed by atoms with Gasteiger partial charge in [-0.15, -0.1) is 5.10 Å². The van der Waals surface area contributed by atoms with Gasteiger partial charge in [0.15, 0.2) is 0 Å². The summed E-state index contributed by atoms with van der Waals surface area (Å²) in [6, 6.07) is 20.2. The van der Waals surface area contributed by atoms with E-state index in [0.717, 1.165) is 11.1 Å². The van der Waals surface area contributed by atoms with E-state index in [1.54, 1.807) is 72.8 Å². The maximum Gasteiger partial charge on any atom is 0.277 e. The second-order valence-electron chi connectivity index (χ2n) is 6.53. The minimum absolute atomic E-state index is 0.206. The summed E-state index contributed by atoms with van der Waals surface area (Å²) < 4.78 is 26.7. The fourth-order valence-corrected chi connectivity index (χ4v) is 4.19. The van der Waals surface area contributed by atoms with Gasteiger partial charge >= 0.3 is 0 Å². The lowest BCUT2D eigenvalue weighted by Gasteiger charge is -2.08. The Balaban J connectivity index is 1.63. The number of sulfone groups is 1. The minimum Gasteiger partial charge on any atom is -0.267 e. The van der Waals surface area contributed by atoms with Gasteiger partial charge in [0.2, 0.25) is 9.84 Å². The minimum atomic E-state index is -3.58. The third-order valence-corrected chi connectivity index (χ3v) is 6.31. The van der Waals surface area contributed by atoms with Gasteiger partial charge in [-0.1, -0.05) is 47.2 Å². The van der Waals surface area contributed by atoms with E-state index >= 15 is 0 Å². The van der Waals surface area contributed by atoms with Crippen molar-refractivity contribution in [2.45, 2.75) is 23.3 Å². The number of fused-ring (bicyclic) bond motifs is 1. The second kappa shape index (κ2) is 7.01. The highest BCUT2D eigenvalue weighted by atomic mass is 32.2. The molecule has 0 N–H and O–H groups in total. The molecule has 0 aliphatic heterocycles. The molecule has 140 valence electrons. The van der Waals surface area contributed by atoms with Gasteiger partial charge < -0.3 is 0 Å². The molecule has 3 aromatic carbocycles. The quantitative estimate of drug-likeness (QED) is 0.534. The molecule has 0 bridgehead atoms. The summed E-state index contributed by atoms with van der Waals surface area (Å²) in [5, 5.41) is 8.52. The van der Waals surface area contributed by atoms with Crippen LogP contribution in [0.2, 0.25) is 0 Å². The van der Waals surface area contributed by atoms with Crippen LogP contribution in [-0.2, 0) is 16.4 Å². The van der Waals surface area contributed by atoms with Gasteiger partial charge in [0.25, 0.3) is 5.56 Å². The van der Waals surface area contributed by atoms with Crippen LogP contribution in [0.5, 0.6) is 0 Å². The Labute approximate surface area is 162 Å². The molecule has 1 heterocycles. The second-order valence-corrected chi connectivity index (χ2v) is 8.48. The van der Waals surface area contributed by atoms with Gasteiger partial charge in [-0.05, 0) is 48.9 Å². The molecule has 7 heteroatoms. The molecule has 6 nitrogen and oxygen atoms in total. The van der Waals surface area contributed by atoms with Gasteiger partial charge in [-0.25, -0.2) is 13.1 Å². The summed E-state index contributed by atoms with van der Waals surface area (Å²) in [7, 11) is -3.58. The van der Waals surface area contributed by atoms with E-state index in [2.05, 4.69) is 10.3 Å². The molecule has 0 radical (unpaired) electrons. The molecule has 0 amide bonds. The Kier molecular flexibility index (Phi) is 4.52. The molecule has 28 heavy (non-hydrogen) atoms. The van der Waals surface area contributed by atoms with Crippen LogP contribution in [0.3, 0.4) is 0 Å². The van der Waals surface area contributed by atoms with Crippen molar-refractivity contribution < 1.29 is 8.42 Å². The van der Waals surface area contributed by atoms with Crippen molar-refractivity contribution in [3.63, 3.8) is 0 Å². The van der Waals surface area contributed by atoms with Crippen LogP contribution in [-0.4, -0.2) is 23.4 Å². The monoisotopic (exact) mass is 391 g/mol. The van der Waals surface area contributed by atoms with E-state index in [4.69, 9.17) is 0 Å². The van der Waals surface area contributed by atoms with Crippen LogP contribution < -0.4 is 5.56 Å². The van der Waals surface area contributed by atoms with Crippen LogP contribution in [0.25, 0.3) is 10.9 Å². The highest BCUT2D eigenvalue weighted by molar-refractivity contribution is 7.91. The topological polar surface area (TPSA) is 81.9 Å². The number of rotatable bonds is 4. The molecular formula is C21H17N3O3S. The third kappa shape index (κ3) is 3.32. The van der Waals surface area contributed by atoms with Gasteiger partial charge in [0.05, 0.1) is 21.7 Å². The Morgan fingerprint density at radius 3 is 2.14 bits per heavy atom. The molecule has 0 unspecified atom stereocenters. The van der Waals surface area contributed by atoms with E-state index in [1.165, 1.54) is 4.68 Å². The number of hydrogen-bond acceptors (Lipinski definition) is 5. The lowest BCUT2D eigenvalue weighted by molar-refractivity contribution is 0.594. The average Bonchev–Trinajstić information content (AvgIpc) is 2.71. The average molecular weight is 391 g/mol. The standard InChI is InChI=1S/C21H17N3O3S/c1-15-6-10-17(11-7-15)28(26,27)18-12-8-16(9-13-18)14-24-21(25)19-4-2-3-5-20(19)22-23-24/h2-13H,14H2,1H3. The summed E-state index contributed by atoms with van der Waals surface area (Å²) in [5.41, 5.74) is 2.07. The molecule has 0 saturated carbocycles. The van der Waals surface area contributed by atoms with Crippen molar-refractivity contribution >= 4 is 20.7 Å². The first-order chi connectivity index (χ1) is 13.4. The van der Waals surface area contributed by atoms with Crippen molar-refractivity contribution in [3.8, 4) is 0 Å². The molecule has 0 aliphatic carbocycles. The van der Waals surface area contributed by atoms with Crippen LogP contribution >= 0.6 is 0 Å². The van der Waals surface area contributed by atoms with Crippen LogP contribution in [0.15, 0.2) is 87.4 Å². The smallest absolute Gasteiger partial charge is 0.267 e. The Morgan fingerprint density at radius 2 is 1.46 bits per heavy atom. The van der Waals surface area contributed by atoms with E-state index in [9.17, 15) is 13.2 Å². The predicted molar refractivity (Wildman–Crippen MR) is 106 cm³/mol. The number of nitrogens with zero attached hydrogens (tertiary/aromatic N) is 3. The SMILES string of the molecule is Cc1ccc(S(=O)(=O)c2ccc(Cn3nnc4ccccc4c3=O)cc2)cc1. The first kappa shape index (κ1) is 18.1. The third-order valence-electron chi connectivity index (χ3n) is 4.53. The Bertz CT molecular complexity index is 1310. The molecule has 0 spiro atoms. The predicted octanol–water partition coefficient (Wildman–Crippen LogP) is 2.98. The number of benzene rings is 3. The molecule has 0 fully saturated rings. The van der Waals surface area contributed by atoms with E-state index in [0.29, 0.717) is 10.9 Å². The normalized spacial score (nSPS) is 11.6. The highest BCUT2D eigenvalue weighted by Gasteiger charge is 2.17. The molecule has 4 aromatic rings. The number of aryl methyl sites for hydroxylation is 1. The lowest BCUT2D eigenvalue weighted by atomic mass is 10.2. The van der Waals surface area contributed by atoms with Crippen molar-refractivity contribution in [1.29, 1.82) is 0 Å². The van der Waals surface area contributed by atoms with E-state index < -0.39 is 9.84 Å². The first-order valence-corrected chi connectivity index (χ1v) is 10.2. The zero-order valence-corrected chi connectivity index (χ0v) is 15.9. The molecule has 4 rings (SSSR count). The van der Waals surface area contributed by atoms with Gasteiger partial charge in [-0.2, -0.15) is 0 Å². The maximum atomic E-state index is 12.7. The lowest BCUT2D eigenvalue weighted by Crippen LogP contribution is -2.24. The van der Waals surface area contributed by atoms with Crippen molar-refractivity contribution in [2.24, 2.45) is 0 Å². The molecular weight excluding hydrogens is 374 g/mol. The number of aromatic nitrogens is 3. The van der Waals surface area contributed by atoms with Crippen LogP contribution in [0, 0.1) is 6.92 Å². The highest BCUT2D eigenvalue weighted by Crippen LogP contribution is 2.21. The summed E-state index contributed by atoms with van der Waals surface area (Å²) in [6.45, 7) is 2.12. The summed E-state index contributed by atoms with van der Waals surface area (Å²) >= 11 is 0. The molecule has 1 aromatic heterocycles. The Morgan fingerprint density at radius 1 is 0.857 bits per heavy atom. The largest absolute Gasteiger partial charge is 0.277 e. The summed E-state index contributed by atoms with van der Waals surface area (Å²) in [4.78, 5) is 13.0. The van der Waals surface area contributed by atoms with Gasteiger partial charge in [0, 0.05) is 0 Å². The fourth-order valence-electron chi connectivity index (χ4n) is 2.93. The molecule has 0 saturated heterocycles. The summed E-state index contributed by atoms with van der Waals surface area (Å²) in [5.74, 6) is 0. The maximum absolute atomic E-state index is 12.7. The van der Waals surface area contributed by atoms with E-state index in [-0.39, 0.29) is 21.9 Å². The van der Waals surface area contributed by atoms with Crippen molar-refractivity contribution in [2.75, 3.05) is 0 Å². The number of hydrogen-bond donors (Lipinski definition) is 0. The van der Waals surface area contributed by atoms with Crippen molar-refractivity contribution in [1.82, 2.24) is 15.0 Å². The zero-order valence-electron chi connectivity index (χ0n) is 15.1.